The lowest BCUT2D eigenvalue weighted by Crippen LogP contribution is -2.38. The van der Waals surface area contributed by atoms with Gasteiger partial charge in [-0.2, -0.15) is 0 Å². The van der Waals surface area contributed by atoms with E-state index in [0.717, 1.165) is 42.1 Å². The van der Waals surface area contributed by atoms with Gasteiger partial charge in [-0.1, -0.05) is 54.1 Å². The lowest BCUT2D eigenvalue weighted by Gasteiger charge is -2.28. The first-order chi connectivity index (χ1) is 19.9. The summed E-state index contributed by atoms with van der Waals surface area (Å²) in [7, 11) is 0. The first-order valence-electron chi connectivity index (χ1n) is 14.1. The predicted octanol–water partition coefficient (Wildman–Crippen LogP) is 5.79. The largest absolute Gasteiger partial charge is 0.333 e. The molecule has 0 saturated carbocycles. The van der Waals surface area contributed by atoms with Crippen LogP contribution in [-0.4, -0.2) is 57.3 Å². The van der Waals surface area contributed by atoms with Gasteiger partial charge in [0.15, 0.2) is 0 Å². The summed E-state index contributed by atoms with van der Waals surface area (Å²) in [6.45, 7) is 8.00. The van der Waals surface area contributed by atoms with Gasteiger partial charge >= 0.3 is 0 Å². The molecule has 0 unspecified atom stereocenters. The monoisotopic (exact) mass is 569 g/mol. The molecule has 2 heterocycles. The number of carbonyl (C=O) groups is 2. The van der Waals surface area contributed by atoms with Crippen molar-refractivity contribution < 1.29 is 9.59 Å². The zero-order valence-electron chi connectivity index (χ0n) is 23.7. The second kappa shape index (κ2) is 13.1. The first-order valence-corrected chi connectivity index (χ1v) is 14.4. The molecule has 1 aliphatic heterocycles. The molecule has 5 rings (SSSR count). The molecular weight excluding hydrogens is 534 g/mol. The van der Waals surface area contributed by atoms with E-state index in [4.69, 9.17) is 11.6 Å². The van der Waals surface area contributed by atoms with Crippen molar-refractivity contribution >= 4 is 29.1 Å². The van der Waals surface area contributed by atoms with Crippen LogP contribution in [-0.2, 0) is 24.4 Å². The van der Waals surface area contributed by atoms with Crippen molar-refractivity contribution in [2.75, 3.05) is 31.1 Å². The molecule has 3 aromatic carbocycles. The van der Waals surface area contributed by atoms with Gasteiger partial charge in [-0.25, -0.2) is 4.98 Å². The fourth-order valence-electron chi connectivity index (χ4n) is 5.43. The highest BCUT2D eigenvalue weighted by Crippen LogP contribution is 2.28. The predicted molar refractivity (Wildman–Crippen MR) is 163 cm³/mol. The van der Waals surface area contributed by atoms with Crippen LogP contribution in [0.5, 0.6) is 0 Å². The van der Waals surface area contributed by atoms with Crippen LogP contribution in [0.1, 0.15) is 46.2 Å². The second-order valence-electron chi connectivity index (χ2n) is 10.6. The van der Waals surface area contributed by atoms with Crippen molar-refractivity contribution in [3.63, 3.8) is 0 Å². The molecule has 41 heavy (non-hydrogen) atoms. The second-order valence-corrected chi connectivity index (χ2v) is 11.0. The molecule has 0 bridgehead atoms. The SMILES string of the molecule is CC(=O)N1CCCN(Cc2ccccc2)CCN(C(=O)c2cccc(Cn3ccnc3C)c2)Cc2cc(Cl)ccc21. The van der Waals surface area contributed by atoms with Gasteiger partial charge in [0.2, 0.25) is 5.91 Å². The van der Waals surface area contributed by atoms with Crippen LogP contribution in [0, 0.1) is 6.92 Å². The van der Waals surface area contributed by atoms with Crippen LogP contribution in [0.2, 0.25) is 5.02 Å². The normalized spacial score (nSPS) is 14.8. The van der Waals surface area contributed by atoms with Gasteiger partial charge in [0.05, 0.1) is 0 Å². The smallest absolute Gasteiger partial charge is 0.254 e. The van der Waals surface area contributed by atoms with E-state index in [9.17, 15) is 9.59 Å². The van der Waals surface area contributed by atoms with Crippen LogP contribution >= 0.6 is 11.6 Å². The third-order valence-corrected chi connectivity index (χ3v) is 7.84. The molecule has 0 aliphatic carbocycles. The van der Waals surface area contributed by atoms with E-state index >= 15 is 0 Å². The standard InChI is InChI=1S/C33H36ClN5O2/c1-25-35-14-17-37(25)23-28-10-6-11-29(20-28)33(41)38-19-18-36(22-27-8-4-3-5-9-27)15-7-16-39(26(2)40)32-13-12-31(34)21-30(32)24-38/h3-6,8-14,17,20-21H,7,15-16,18-19,22-24H2,1-2H3. The molecule has 7 nitrogen and oxygen atoms in total. The molecule has 2 amide bonds. The van der Waals surface area contributed by atoms with E-state index in [0.29, 0.717) is 43.3 Å². The summed E-state index contributed by atoms with van der Waals surface area (Å²) < 4.78 is 2.06. The summed E-state index contributed by atoms with van der Waals surface area (Å²) in [5.41, 5.74) is 4.56. The number of benzene rings is 3. The number of hydrogen-bond acceptors (Lipinski definition) is 4. The van der Waals surface area contributed by atoms with Crippen LogP contribution in [0.4, 0.5) is 5.69 Å². The minimum absolute atomic E-state index is 0.0252. The number of halogens is 1. The Bertz CT molecular complexity index is 1500. The van der Waals surface area contributed by atoms with E-state index < -0.39 is 0 Å². The Labute approximate surface area is 247 Å². The van der Waals surface area contributed by atoms with Crippen molar-refractivity contribution in [2.24, 2.45) is 0 Å². The summed E-state index contributed by atoms with van der Waals surface area (Å²) in [5.74, 6) is 0.854. The van der Waals surface area contributed by atoms with Crippen molar-refractivity contribution in [1.82, 2.24) is 19.4 Å². The topological polar surface area (TPSA) is 61.7 Å². The fourth-order valence-corrected chi connectivity index (χ4v) is 5.62. The molecular formula is C33H36ClN5O2. The maximum Gasteiger partial charge on any atom is 0.254 e. The van der Waals surface area contributed by atoms with Gasteiger partial charge in [-0.05, 0) is 60.4 Å². The van der Waals surface area contributed by atoms with Gasteiger partial charge in [-0.3, -0.25) is 14.5 Å². The number of imidazole rings is 1. The first kappa shape index (κ1) is 28.6. The molecule has 0 spiro atoms. The van der Waals surface area contributed by atoms with Gasteiger partial charge in [0, 0.05) is 81.4 Å². The minimum Gasteiger partial charge on any atom is -0.333 e. The quantitative estimate of drug-likeness (QED) is 0.305. The number of fused-ring (bicyclic) bond motifs is 1. The molecule has 212 valence electrons. The van der Waals surface area contributed by atoms with Gasteiger partial charge in [-0.15, -0.1) is 0 Å². The van der Waals surface area contributed by atoms with E-state index in [1.807, 2.05) is 83.6 Å². The number of aryl methyl sites for hydroxylation is 1. The molecule has 0 fully saturated rings. The third kappa shape index (κ3) is 7.23. The lowest BCUT2D eigenvalue weighted by atomic mass is 10.1. The van der Waals surface area contributed by atoms with Crippen LogP contribution < -0.4 is 4.90 Å². The van der Waals surface area contributed by atoms with Gasteiger partial charge in [0.25, 0.3) is 5.91 Å². The van der Waals surface area contributed by atoms with E-state index in [2.05, 4.69) is 26.6 Å². The summed E-state index contributed by atoms with van der Waals surface area (Å²) >= 11 is 6.44. The van der Waals surface area contributed by atoms with E-state index in [-0.39, 0.29) is 11.8 Å². The Hall–Kier alpha value is -3.94. The molecule has 1 aliphatic rings. The molecule has 0 atom stereocenters. The number of aromatic nitrogens is 2. The average Bonchev–Trinajstić information content (AvgIpc) is 3.36. The summed E-state index contributed by atoms with van der Waals surface area (Å²) in [6.07, 6.45) is 4.55. The third-order valence-electron chi connectivity index (χ3n) is 7.60. The molecule has 0 saturated heterocycles. The zero-order valence-corrected chi connectivity index (χ0v) is 24.4. The summed E-state index contributed by atoms with van der Waals surface area (Å²) in [5, 5.41) is 0.581. The van der Waals surface area contributed by atoms with Crippen molar-refractivity contribution in [3.8, 4) is 0 Å². The van der Waals surface area contributed by atoms with Crippen LogP contribution in [0.25, 0.3) is 0 Å². The lowest BCUT2D eigenvalue weighted by molar-refractivity contribution is -0.116. The van der Waals surface area contributed by atoms with E-state index in [1.165, 1.54) is 5.56 Å². The number of rotatable bonds is 5. The average molecular weight is 570 g/mol. The van der Waals surface area contributed by atoms with Gasteiger partial charge < -0.3 is 14.4 Å². The highest BCUT2D eigenvalue weighted by molar-refractivity contribution is 6.30. The Kier molecular flexibility index (Phi) is 9.17. The Morgan fingerprint density at radius 2 is 1.68 bits per heavy atom. The maximum atomic E-state index is 14.1. The Morgan fingerprint density at radius 3 is 2.44 bits per heavy atom. The van der Waals surface area contributed by atoms with Crippen LogP contribution in [0.3, 0.4) is 0 Å². The van der Waals surface area contributed by atoms with Crippen molar-refractivity contribution in [1.29, 1.82) is 0 Å². The van der Waals surface area contributed by atoms with E-state index in [1.54, 1.807) is 13.1 Å². The number of amides is 2. The molecule has 1 aromatic heterocycles. The molecule has 0 N–H and O–H groups in total. The highest BCUT2D eigenvalue weighted by Gasteiger charge is 2.24. The number of carbonyl (C=O) groups excluding carboxylic acids is 2. The van der Waals surface area contributed by atoms with Crippen LogP contribution in [0.15, 0.2) is 85.2 Å². The summed E-state index contributed by atoms with van der Waals surface area (Å²) in [4.78, 5) is 37.3. The van der Waals surface area contributed by atoms with Gasteiger partial charge in [0.1, 0.15) is 5.82 Å². The van der Waals surface area contributed by atoms with Crippen molar-refractivity contribution in [2.45, 2.75) is 39.9 Å². The number of nitrogens with zero attached hydrogens (tertiary/aromatic N) is 5. The zero-order chi connectivity index (χ0) is 28.8. The molecule has 4 aromatic rings. The minimum atomic E-state index is -0.0478. The fraction of sp³-hybridized carbons (Fsp3) is 0.303. The number of hydrogen-bond donors (Lipinski definition) is 0. The molecule has 8 heteroatoms. The highest BCUT2D eigenvalue weighted by atomic mass is 35.5. The van der Waals surface area contributed by atoms with Crippen molar-refractivity contribution in [3.05, 3.63) is 118 Å². The molecule has 0 radical (unpaired) electrons. The Balaban J connectivity index is 1.47. The maximum absolute atomic E-state index is 14.1. The Morgan fingerprint density at radius 1 is 0.878 bits per heavy atom. The number of anilines is 1. The summed E-state index contributed by atoms with van der Waals surface area (Å²) in [6, 6.07) is 23.8.